The number of rotatable bonds is 4. The number of aromatic nitrogens is 1. The van der Waals surface area contributed by atoms with Gasteiger partial charge in [0.1, 0.15) is 0 Å². The predicted octanol–water partition coefficient (Wildman–Crippen LogP) is 0.187. The van der Waals surface area contributed by atoms with Gasteiger partial charge in [0.15, 0.2) is 9.84 Å². The molecular weight excluding hydrogens is 298 g/mol. The van der Waals surface area contributed by atoms with E-state index in [2.05, 4.69) is 10.3 Å². The third-order valence-corrected chi connectivity index (χ3v) is 5.84. The van der Waals surface area contributed by atoms with E-state index in [4.69, 9.17) is 0 Å². The molecule has 1 aromatic rings. The van der Waals surface area contributed by atoms with Crippen molar-refractivity contribution in [2.24, 2.45) is 0 Å². The first-order valence-corrected chi connectivity index (χ1v) is 9.08. The Morgan fingerprint density at radius 2 is 2.35 bits per heavy atom. The standard InChI is InChI=1S/C12H19N3O3S2/c1-9-14-6-11(19-9)7-15(2)12(16)5-10-8-20(17,18)4-3-13-10/h6,10,13H,3-5,7-8H2,1-2H3. The molecule has 2 heterocycles. The van der Waals surface area contributed by atoms with Crippen LogP contribution in [0.4, 0.5) is 0 Å². The van der Waals surface area contributed by atoms with Crippen molar-refractivity contribution in [1.29, 1.82) is 0 Å². The first-order chi connectivity index (χ1) is 9.35. The van der Waals surface area contributed by atoms with E-state index in [-0.39, 0.29) is 29.9 Å². The molecule has 1 N–H and O–H groups in total. The second-order valence-corrected chi connectivity index (χ2v) is 8.61. The Morgan fingerprint density at radius 3 is 2.95 bits per heavy atom. The van der Waals surface area contributed by atoms with Crippen molar-refractivity contribution < 1.29 is 13.2 Å². The summed E-state index contributed by atoms with van der Waals surface area (Å²) in [5.41, 5.74) is 0. The van der Waals surface area contributed by atoms with E-state index in [0.29, 0.717) is 13.1 Å². The maximum Gasteiger partial charge on any atom is 0.224 e. The molecule has 1 aromatic heterocycles. The first kappa shape index (κ1) is 15.4. The summed E-state index contributed by atoms with van der Waals surface area (Å²) in [6.45, 7) is 2.87. The summed E-state index contributed by atoms with van der Waals surface area (Å²) >= 11 is 1.56. The molecular formula is C12H19N3O3S2. The largest absolute Gasteiger partial charge is 0.341 e. The van der Waals surface area contributed by atoms with E-state index in [9.17, 15) is 13.2 Å². The van der Waals surface area contributed by atoms with Crippen LogP contribution in [0, 0.1) is 6.92 Å². The van der Waals surface area contributed by atoms with E-state index in [0.717, 1.165) is 9.88 Å². The Morgan fingerprint density at radius 1 is 1.60 bits per heavy atom. The van der Waals surface area contributed by atoms with E-state index < -0.39 is 9.84 Å². The predicted molar refractivity (Wildman–Crippen MR) is 78.4 cm³/mol. The van der Waals surface area contributed by atoms with Gasteiger partial charge in [-0.25, -0.2) is 13.4 Å². The second-order valence-electron chi connectivity index (χ2n) is 5.06. The number of amides is 1. The van der Waals surface area contributed by atoms with Crippen LogP contribution in [0.3, 0.4) is 0 Å². The molecule has 0 aliphatic carbocycles. The zero-order valence-corrected chi connectivity index (χ0v) is 13.3. The fraction of sp³-hybridized carbons (Fsp3) is 0.667. The van der Waals surface area contributed by atoms with E-state index in [1.165, 1.54) is 0 Å². The molecule has 1 unspecified atom stereocenters. The van der Waals surface area contributed by atoms with Gasteiger partial charge in [0.2, 0.25) is 5.91 Å². The number of carbonyl (C=O) groups is 1. The number of hydrogen-bond donors (Lipinski definition) is 1. The van der Waals surface area contributed by atoms with Crippen molar-refractivity contribution in [2.75, 3.05) is 25.1 Å². The van der Waals surface area contributed by atoms with E-state index in [1.54, 1.807) is 29.5 Å². The number of carbonyl (C=O) groups excluding carboxylic acids is 1. The van der Waals surface area contributed by atoms with Gasteiger partial charge in [0, 0.05) is 37.1 Å². The molecule has 1 fully saturated rings. The van der Waals surface area contributed by atoms with Gasteiger partial charge in [-0.2, -0.15) is 0 Å². The van der Waals surface area contributed by atoms with Gasteiger partial charge in [-0.05, 0) is 6.92 Å². The lowest BCUT2D eigenvalue weighted by Crippen LogP contribution is -2.47. The number of hydrogen-bond acceptors (Lipinski definition) is 6. The zero-order chi connectivity index (χ0) is 14.8. The van der Waals surface area contributed by atoms with Crippen molar-refractivity contribution in [1.82, 2.24) is 15.2 Å². The van der Waals surface area contributed by atoms with E-state index in [1.807, 2.05) is 6.92 Å². The van der Waals surface area contributed by atoms with Gasteiger partial charge in [0.05, 0.1) is 23.1 Å². The third-order valence-electron chi connectivity index (χ3n) is 3.21. The number of aryl methyl sites for hydroxylation is 1. The summed E-state index contributed by atoms with van der Waals surface area (Å²) in [7, 11) is -1.27. The molecule has 8 heteroatoms. The molecule has 20 heavy (non-hydrogen) atoms. The van der Waals surface area contributed by atoms with Gasteiger partial charge >= 0.3 is 0 Å². The van der Waals surface area contributed by atoms with Crippen molar-refractivity contribution in [3.8, 4) is 0 Å². The maximum absolute atomic E-state index is 12.1. The Hall–Kier alpha value is -0.990. The Labute approximate surface area is 123 Å². The average Bonchev–Trinajstić information content (AvgIpc) is 2.73. The molecule has 6 nitrogen and oxygen atoms in total. The van der Waals surface area contributed by atoms with Crippen LogP contribution < -0.4 is 5.32 Å². The lowest BCUT2D eigenvalue weighted by atomic mass is 10.2. The average molecular weight is 317 g/mol. The lowest BCUT2D eigenvalue weighted by Gasteiger charge is -2.25. The molecule has 0 saturated carbocycles. The van der Waals surface area contributed by atoms with Crippen LogP contribution in [0.5, 0.6) is 0 Å². The highest BCUT2D eigenvalue weighted by Crippen LogP contribution is 2.14. The molecule has 0 aromatic carbocycles. The zero-order valence-electron chi connectivity index (χ0n) is 11.6. The monoisotopic (exact) mass is 317 g/mol. The Balaban J connectivity index is 1.87. The van der Waals surface area contributed by atoms with Crippen LogP contribution in [0.15, 0.2) is 6.20 Å². The molecule has 2 rings (SSSR count). The fourth-order valence-corrected chi connectivity index (χ4v) is 4.46. The van der Waals surface area contributed by atoms with Crippen LogP contribution in [0.25, 0.3) is 0 Å². The minimum absolute atomic E-state index is 0.0479. The number of nitrogens with one attached hydrogen (secondary N) is 1. The quantitative estimate of drug-likeness (QED) is 0.857. The fourth-order valence-electron chi connectivity index (χ4n) is 2.17. The highest BCUT2D eigenvalue weighted by Gasteiger charge is 2.27. The maximum atomic E-state index is 12.1. The number of sulfone groups is 1. The topological polar surface area (TPSA) is 79.4 Å². The second kappa shape index (κ2) is 6.19. The molecule has 1 aliphatic heterocycles. The van der Waals surface area contributed by atoms with Gasteiger partial charge in [-0.1, -0.05) is 0 Å². The normalized spacial score (nSPS) is 21.6. The lowest BCUT2D eigenvalue weighted by molar-refractivity contribution is -0.130. The Bertz CT molecular complexity index is 583. The molecule has 0 bridgehead atoms. The SMILES string of the molecule is Cc1ncc(CN(C)C(=O)CC2CS(=O)(=O)CCN2)s1. The molecule has 112 valence electrons. The van der Waals surface area contributed by atoms with Crippen LogP contribution in [0.2, 0.25) is 0 Å². The van der Waals surface area contributed by atoms with Crippen LogP contribution in [-0.2, 0) is 21.2 Å². The van der Waals surface area contributed by atoms with Gasteiger partial charge in [-0.15, -0.1) is 11.3 Å². The van der Waals surface area contributed by atoms with Crippen molar-refractivity contribution in [2.45, 2.75) is 25.9 Å². The number of nitrogens with zero attached hydrogens (tertiary/aromatic N) is 2. The van der Waals surface area contributed by atoms with Crippen molar-refractivity contribution >= 4 is 27.1 Å². The summed E-state index contributed by atoms with van der Waals surface area (Å²) in [6, 6.07) is -0.271. The minimum atomic E-state index is -3.00. The molecule has 1 aliphatic rings. The highest BCUT2D eigenvalue weighted by atomic mass is 32.2. The molecule has 1 amide bonds. The summed E-state index contributed by atoms with van der Waals surface area (Å²) in [5, 5.41) is 4.07. The molecule has 1 saturated heterocycles. The first-order valence-electron chi connectivity index (χ1n) is 6.45. The summed E-state index contributed by atoms with van der Waals surface area (Å²) in [5.74, 6) is 0.158. The van der Waals surface area contributed by atoms with Crippen molar-refractivity contribution in [3.05, 3.63) is 16.1 Å². The smallest absolute Gasteiger partial charge is 0.224 e. The van der Waals surface area contributed by atoms with Crippen LogP contribution in [-0.4, -0.2) is 55.3 Å². The molecule has 0 spiro atoms. The Kier molecular flexibility index (Phi) is 4.77. The highest BCUT2D eigenvalue weighted by molar-refractivity contribution is 7.91. The van der Waals surface area contributed by atoms with Crippen molar-refractivity contribution in [3.63, 3.8) is 0 Å². The number of thiazole rings is 1. The van der Waals surface area contributed by atoms with Gasteiger partial charge in [-0.3, -0.25) is 4.79 Å². The molecule has 0 radical (unpaired) electrons. The van der Waals surface area contributed by atoms with Crippen LogP contribution in [0.1, 0.15) is 16.3 Å². The summed E-state index contributed by atoms with van der Waals surface area (Å²) in [4.78, 5) is 18.9. The van der Waals surface area contributed by atoms with E-state index >= 15 is 0 Å². The molecule has 1 atom stereocenters. The van der Waals surface area contributed by atoms with Gasteiger partial charge in [0.25, 0.3) is 0 Å². The summed E-state index contributed by atoms with van der Waals surface area (Å²) in [6.07, 6.45) is 1.99. The summed E-state index contributed by atoms with van der Waals surface area (Å²) < 4.78 is 23.1. The van der Waals surface area contributed by atoms with Gasteiger partial charge < -0.3 is 10.2 Å². The minimum Gasteiger partial charge on any atom is -0.341 e. The van der Waals surface area contributed by atoms with Crippen LogP contribution >= 0.6 is 11.3 Å². The third kappa shape index (κ3) is 4.26.